The average molecular weight is 774 g/mol. The van der Waals surface area contributed by atoms with Crippen molar-refractivity contribution in [2.75, 3.05) is 6.61 Å². The second kappa shape index (κ2) is 18.3. The summed E-state index contributed by atoms with van der Waals surface area (Å²) in [7, 11) is 0.0676. The molecular formula is C37H51N11O6Si. The van der Waals surface area contributed by atoms with Crippen LogP contribution in [0.5, 0.6) is 0 Å². The van der Waals surface area contributed by atoms with Crippen molar-refractivity contribution >= 4 is 56.0 Å². The molecule has 3 aromatic rings. The van der Waals surface area contributed by atoms with Crippen molar-refractivity contribution in [2.45, 2.75) is 75.8 Å². The number of nitrogens with one attached hydrogen (secondary N) is 7. The number of guanidine groups is 1. The zero-order chi connectivity index (χ0) is 40.3. The fraction of sp³-hybridized carbons (Fsp3) is 0.405. The number of urea groups is 1. The lowest BCUT2D eigenvalue weighted by Crippen LogP contribution is -2.65. The molecule has 2 radical (unpaired) electrons. The number of aromatic nitrogens is 1. The maximum absolute atomic E-state index is 14.0. The minimum absolute atomic E-state index is 0.0676. The highest BCUT2D eigenvalue weighted by Gasteiger charge is 2.62. The van der Waals surface area contributed by atoms with Crippen LogP contribution in [0.25, 0.3) is 10.9 Å². The summed E-state index contributed by atoms with van der Waals surface area (Å²) in [6, 6.07) is 13.8. The van der Waals surface area contributed by atoms with Gasteiger partial charge in [-0.3, -0.25) is 24.6 Å². The molecule has 1 fully saturated rings. The number of carbonyl (C=O) groups is 5. The lowest BCUT2D eigenvalue weighted by Gasteiger charge is -2.33. The van der Waals surface area contributed by atoms with Crippen molar-refractivity contribution < 1.29 is 28.8 Å². The molecule has 0 saturated heterocycles. The highest BCUT2D eigenvalue weighted by Crippen LogP contribution is 2.44. The van der Waals surface area contributed by atoms with Crippen LogP contribution < -0.4 is 49.3 Å². The van der Waals surface area contributed by atoms with Crippen LogP contribution in [0, 0.1) is 11.8 Å². The van der Waals surface area contributed by atoms with Gasteiger partial charge in [0.2, 0.25) is 23.7 Å². The molecule has 6 amide bonds. The van der Waals surface area contributed by atoms with E-state index in [-0.39, 0.29) is 47.3 Å². The van der Waals surface area contributed by atoms with Gasteiger partial charge in [0, 0.05) is 41.6 Å². The predicted octanol–water partition coefficient (Wildman–Crippen LogP) is 0.320. The number of para-hydroxylation sites is 1. The zero-order valence-corrected chi connectivity index (χ0v) is 32.5. The van der Waals surface area contributed by atoms with Gasteiger partial charge in [-0.05, 0) is 48.0 Å². The standard InChI is InChI=1S/C37H51N11O6Si/c1-21(2)15-29(43-35(53)47-46-33(52)37(55-5,44-22(3)4)17-23-11-7-6-8-12-23)31(50)45-36(18-25(36)20-54-48-34(39)40)32(51)42-28(30(38)49)16-24-19-41-27-14-10-9-13-26(24)27/h6-14,19,21,25,28-29,41,44H,3,15-18,20H2,1-2,4-5H3,(H2,38,49)(H,42,51)(H,45,50)(H,46,52)(H4,39,40,48)(H2,43,47,53)/t25?,28-,29-,36?,37-/m0/s1. The number of hydrogen-bond donors (Lipinski definition) is 10. The molecule has 294 valence electrons. The number of amides is 6. The summed E-state index contributed by atoms with van der Waals surface area (Å²) in [4.78, 5) is 75.8. The van der Waals surface area contributed by atoms with Crippen LogP contribution in [-0.4, -0.2) is 79.5 Å². The minimum Gasteiger partial charge on any atom is -0.392 e. The number of nitrogens with two attached hydrogens (primary N) is 3. The van der Waals surface area contributed by atoms with E-state index in [4.69, 9.17) is 22.0 Å². The topological polar surface area (TPSA) is 273 Å². The van der Waals surface area contributed by atoms with Gasteiger partial charge in [-0.1, -0.05) is 75.5 Å². The normalized spacial score (nSPS) is 18.1. The third kappa shape index (κ3) is 11.0. The number of H-pyrrole nitrogens is 1. The second-order valence-electron chi connectivity index (χ2n) is 14.1. The SMILES string of the molecule is C=C(C)N[C@@](Cc1ccccc1)([Si]C)C(=O)NNC(=O)N[C@@H](CC(C)C)C(=O)NC1(C(=O)N[C@@H](Cc2c[nH]c3ccccc23)C(N)=O)CC1CON=C(N)N. The molecule has 0 aliphatic heterocycles. The number of allylic oxidation sites excluding steroid dienone is 1. The second-order valence-corrected chi connectivity index (χ2v) is 15.5. The first-order chi connectivity index (χ1) is 26.1. The Morgan fingerprint density at radius 3 is 2.35 bits per heavy atom. The fourth-order valence-corrected chi connectivity index (χ4v) is 7.40. The molecule has 18 heteroatoms. The Morgan fingerprint density at radius 1 is 1.02 bits per heavy atom. The van der Waals surface area contributed by atoms with E-state index in [9.17, 15) is 24.0 Å². The van der Waals surface area contributed by atoms with E-state index >= 15 is 0 Å². The maximum atomic E-state index is 14.0. The number of aromatic amines is 1. The zero-order valence-electron chi connectivity index (χ0n) is 31.5. The van der Waals surface area contributed by atoms with Gasteiger partial charge in [0.15, 0.2) is 0 Å². The van der Waals surface area contributed by atoms with Crippen LogP contribution in [0.3, 0.4) is 0 Å². The highest BCUT2D eigenvalue weighted by atomic mass is 28.2. The summed E-state index contributed by atoms with van der Waals surface area (Å²) >= 11 is 0. The third-order valence-corrected chi connectivity index (χ3v) is 10.6. The Morgan fingerprint density at radius 2 is 1.71 bits per heavy atom. The first-order valence-corrected chi connectivity index (χ1v) is 19.3. The Labute approximate surface area is 322 Å². The first kappa shape index (κ1) is 41.7. The van der Waals surface area contributed by atoms with Gasteiger partial charge < -0.3 is 48.3 Å². The van der Waals surface area contributed by atoms with E-state index in [1.807, 2.05) is 75.0 Å². The van der Waals surface area contributed by atoms with Crippen LogP contribution in [-0.2, 0) is 36.9 Å². The van der Waals surface area contributed by atoms with Gasteiger partial charge in [0.25, 0.3) is 5.91 Å². The Hall–Kier alpha value is -6.04. The maximum Gasteiger partial charge on any atom is 0.334 e. The molecule has 4 rings (SSSR count). The van der Waals surface area contributed by atoms with Gasteiger partial charge in [-0.2, -0.15) is 0 Å². The summed E-state index contributed by atoms with van der Waals surface area (Å²) in [5.74, 6) is -3.66. The van der Waals surface area contributed by atoms with Crippen molar-refractivity contribution in [1.29, 1.82) is 0 Å². The first-order valence-electron chi connectivity index (χ1n) is 17.8. The summed E-state index contributed by atoms with van der Waals surface area (Å²) < 4.78 is 0. The smallest absolute Gasteiger partial charge is 0.334 e. The highest BCUT2D eigenvalue weighted by molar-refractivity contribution is 6.46. The monoisotopic (exact) mass is 773 g/mol. The Balaban J connectivity index is 1.49. The number of hydrazine groups is 1. The summed E-state index contributed by atoms with van der Waals surface area (Å²) in [5, 5.41) is 14.6. The molecule has 17 nitrogen and oxygen atoms in total. The van der Waals surface area contributed by atoms with Crippen LogP contribution in [0.2, 0.25) is 6.55 Å². The number of hydrogen-bond acceptors (Lipinski definition) is 8. The predicted molar refractivity (Wildman–Crippen MR) is 209 cm³/mol. The molecule has 0 spiro atoms. The molecule has 1 saturated carbocycles. The number of carbonyl (C=O) groups excluding carboxylic acids is 5. The largest absolute Gasteiger partial charge is 0.392 e. The summed E-state index contributed by atoms with van der Waals surface area (Å²) in [6.07, 6.45) is 2.43. The molecule has 55 heavy (non-hydrogen) atoms. The molecule has 1 aliphatic rings. The van der Waals surface area contributed by atoms with Crippen LogP contribution in [0.1, 0.15) is 44.7 Å². The van der Waals surface area contributed by atoms with Gasteiger partial charge in [-0.15, -0.1) is 0 Å². The number of benzene rings is 2. The number of fused-ring (bicyclic) bond motifs is 1. The molecule has 1 aliphatic carbocycles. The Kier molecular flexibility index (Phi) is 13.9. The molecule has 13 N–H and O–H groups in total. The van der Waals surface area contributed by atoms with Crippen molar-refractivity contribution in [3.63, 3.8) is 0 Å². The molecular weight excluding hydrogens is 723 g/mol. The van der Waals surface area contributed by atoms with E-state index in [1.54, 1.807) is 13.1 Å². The molecule has 5 atom stereocenters. The fourth-order valence-electron chi connectivity index (χ4n) is 6.39. The molecule has 2 aromatic carbocycles. The minimum atomic E-state index is -1.56. The molecule has 0 bridgehead atoms. The number of primary amides is 1. The van der Waals surface area contributed by atoms with E-state index in [0.717, 1.165) is 22.0 Å². The summed E-state index contributed by atoms with van der Waals surface area (Å²) in [6.45, 7) is 11.1. The van der Waals surface area contributed by atoms with Gasteiger partial charge in [0.1, 0.15) is 29.4 Å². The quantitative estimate of drug-likeness (QED) is 0.0347. The third-order valence-electron chi connectivity index (χ3n) is 9.22. The lowest BCUT2D eigenvalue weighted by molar-refractivity contribution is -0.133. The number of nitrogens with zero attached hydrogens (tertiary/aromatic N) is 1. The van der Waals surface area contributed by atoms with Gasteiger partial charge in [0.05, 0.1) is 9.52 Å². The lowest BCUT2D eigenvalue weighted by atomic mass is 10.0. The number of oxime groups is 1. The average Bonchev–Trinajstić information content (AvgIpc) is 3.68. The van der Waals surface area contributed by atoms with E-state index in [2.05, 4.69) is 48.8 Å². The van der Waals surface area contributed by atoms with Crippen LogP contribution in [0.15, 0.2) is 78.2 Å². The van der Waals surface area contributed by atoms with Crippen molar-refractivity contribution in [1.82, 2.24) is 37.1 Å². The van der Waals surface area contributed by atoms with Gasteiger partial charge in [-0.25, -0.2) is 10.2 Å². The van der Waals surface area contributed by atoms with E-state index in [0.29, 0.717) is 12.1 Å². The van der Waals surface area contributed by atoms with E-state index in [1.165, 1.54) is 0 Å². The van der Waals surface area contributed by atoms with E-state index < -0.39 is 58.4 Å². The molecule has 1 heterocycles. The van der Waals surface area contributed by atoms with Crippen molar-refractivity contribution in [2.24, 2.45) is 34.2 Å². The van der Waals surface area contributed by atoms with Gasteiger partial charge >= 0.3 is 6.03 Å². The Bertz CT molecular complexity index is 1900. The van der Waals surface area contributed by atoms with Crippen LogP contribution >= 0.6 is 0 Å². The van der Waals surface area contributed by atoms with Crippen molar-refractivity contribution in [3.05, 3.63) is 84.2 Å². The molecule has 1 aromatic heterocycles. The van der Waals surface area contributed by atoms with Crippen molar-refractivity contribution in [3.8, 4) is 0 Å². The van der Waals surface area contributed by atoms with Crippen LogP contribution in [0.4, 0.5) is 4.79 Å². The number of rotatable bonds is 19. The summed E-state index contributed by atoms with van der Waals surface area (Å²) in [5.41, 5.74) is 22.9. The molecule has 2 unspecified atom stereocenters.